The highest BCUT2D eigenvalue weighted by Gasteiger charge is 2.34. The molecule has 2 heterocycles. The van der Waals surface area contributed by atoms with Crippen molar-refractivity contribution >= 4 is 21.6 Å². The van der Waals surface area contributed by atoms with E-state index in [9.17, 15) is 23.3 Å². The van der Waals surface area contributed by atoms with Gasteiger partial charge in [-0.15, -0.1) is 0 Å². The van der Waals surface area contributed by atoms with E-state index in [1.807, 2.05) is 0 Å². The fourth-order valence-corrected chi connectivity index (χ4v) is 4.80. The van der Waals surface area contributed by atoms with E-state index in [0.29, 0.717) is 26.1 Å². The number of piperazine rings is 1. The molecule has 0 radical (unpaired) electrons. The molecule has 0 spiro atoms. The Kier molecular flexibility index (Phi) is 5.54. The lowest BCUT2D eigenvalue weighted by Crippen LogP contribution is -2.52. The summed E-state index contributed by atoms with van der Waals surface area (Å²) in [5, 5.41) is 11.1. The number of rotatable bonds is 5. The molecule has 0 aliphatic carbocycles. The summed E-state index contributed by atoms with van der Waals surface area (Å²) in [5.74, 6) is -0.512. The van der Waals surface area contributed by atoms with Gasteiger partial charge in [0, 0.05) is 44.4 Å². The van der Waals surface area contributed by atoms with Gasteiger partial charge in [0.15, 0.2) is 0 Å². The van der Waals surface area contributed by atoms with Crippen molar-refractivity contribution in [2.45, 2.75) is 24.7 Å². The molecule has 0 aromatic heterocycles. The smallest absolute Gasteiger partial charge is 0.273 e. The van der Waals surface area contributed by atoms with Gasteiger partial charge in [0.05, 0.1) is 10.7 Å². The van der Waals surface area contributed by atoms with Crippen LogP contribution in [0.5, 0.6) is 0 Å². The van der Waals surface area contributed by atoms with Gasteiger partial charge in [-0.1, -0.05) is 18.2 Å². The Morgan fingerprint density at radius 2 is 1.92 bits per heavy atom. The molecular formula is C16H21N3O6S. The van der Waals surface area contributed by atoms with E-state index in [1.54, 1.807) is 11.0 Å². The van der Waals surface area contributed by atoms with Crippen molar-refractivity contribution in [3.05, 3.63) is 39.9 Å². The summed E-state index contributed by atoms with van der Waals surface area (Å²) in [6.45, 7) is 1.55. The first-order valence-corrected chi connectivity index (χ1v) is 10.1. The fraction of sp³-hybridized carbons (Fsp3) is 0.562. The van der Waals surface area contributed by atoms with Crippen LogP contribution in [0.4, 0.5) is 5.69 Å². The minimum atomic E-state index is -3.70. The molecule has 3 rings (SSSR count). The summed E-state index contributed by atoms with van der Waals surface area (Å²) in [6, 6.07) is 5.83. The van der Waals surface area contributed by atoms with Gasteiger partial charge in [-0.3, -0.25) is 14.9 Å². The number of ether oxygens (including phenoxy) is 1. The summed E-state index contributed by atoms with van der Waals surface area (Å²) >= 11 is 0. The van der Waals surface area contributed by atoms with Gasteiger partial charge in [0.25, 0.3) is 11.6 Å². The number of benzene rings is 1. The van der Waals surface area contributed by atoms with Gasteiger partial charge in [-0.2, -0.15) is 4.31 Å². The Balaban J connectivity index is 1.63. The highest BCUT2D eigenvalue weighted by Crippen LogP contribution is 2.23. The molecule has 0 N–H and O–H groups in total. The monoisotopic (exact) mass is 383 g/mol. The van der Waals surface area contributed by atoms with Crippen LogP contribution >= 0.6 is 0 Å². The van der Waals surface area contributed by atoms with Crippen molar-refractivity contribution in [1.29, 1.82) is 0 Å². The zero-order valence-corrected chi connectivity index (χ0v) is 15.1. The zero-order valence-electron chi connectivity index (χ0n) is 14.2. The van der Waals surface area contributed by atoms with Gasteiger partial charge < -0.3 is 9.64 Å². The predicted molar refractivity (Wildman–Crippen MR) is 92.8 cm³/mol. The lowest BCUT2D eigenvalue weighted by atomic mass is 10.2. The van der Waals surface area contributed by atoms with Gasteiger partial charge >= 0.3 is 0 Å². The second-order valence-corrected chi connectivity index (χ2v) is 8.34. The number of nitro benzene ring substituents is 1. The molecule has 1 aromatic carbocycles. The largest absolute Gasteiger partial charge is 0.368 e. The first kappa shape index (κ1) is 18.7. The highest BCUT2D eigenvalue weighted by molar-refractivity contribution is 7.88. The molecule has 142 valence electrons. The second-order valence-electron chi connectivity index (χ2n) is 6.37. The molecule has 10 heteroatoms. The number of hydrogen-bond acceptors (Lipinski definition) is 6. The first-order chi connectivity index (χ1) is 12.4. The third-order valence-corrected chi connectivity index (χ3v) is 6.50. The number of carbonyl (C=O) groups is 1. The van der Waals surface area contributed by atoms with Crippen LogP contribution in [0, 0.1) is 10.1 Å². The third-order valence-electron chi connectivity index (χ3n) is 4.68. The molecule has 1 atom stereocenters. The normalized spacial score (nSPS) is 21.7. The summed E-state index contributed by atoms with van der Waals surface area (Å²) in [7, 11) is -3.70. The van der Waals surface area contributed by atoms with Crippen molar-refractivity contribution in [3.63, 3.8) is 0 Å². The Labute approximate surface area is 151 Å². The zero-order chi connectivity index (χ0) is 18.7. The fourth-order valence-electron chi connectivity index (χ4n) is 3.26. The van der Waals surface area contributed by atoms with E-state index in [1.165, 1.54) is 22.5 Å². The molecule has 26 heavy (non-hydrogen) atoms. The number of amides is 1. The van der Waals surface area contributed by atoms with Crippen LogP contribution in [0.25, 0.3) is 0 Å². The van der Waals surface area contributed by atoms with Crippen LogP contribution in [0.1, 0.15) is 18.4 Å². The first-order valence-electron chi connectivity index (χ1n) is 8.49. The Hall–Kier alpha value is -2.04. The van der Waals surface area contributed by atoms with E-state index in [2.05, 4.69) is 0 Å². The summed E-state index contributed by atoms with van der Waals surface area (Å²) in [5.41, 5.74) is -0.0429. The Morgan fingerprint density at radius 3 is 2.54 bits per heavy atom. The SMILES string of the molecule is O=C(C1CCCO1)N1CCN(S(=O)(=O)Cc2ccccc2[N+](=O)[O-])CC1. The molecular weight excluding hydrogens is 362 g/mol. The van der Waals surface area contributed by atoms with E-state index < -0.39 is 26.8 Å². The standard InChI is InChI=1S/C16H21N3O6S/c20-16(15-6-3-11-25-15)17-7-9-18(10-8-17)26(23,24)12-13-4-1-2-5-14(13)19(21)22/h1-2,4-5,15H,3,6-12H2. The molecule has 2 saturated heterocycles. The van der Waals surface area contributed by atoms with Gasteiger partial charge in [0.1, 0.15) is 6.10 Å². The topological polar surface area (TPSA) is 110 Å². The van der Waals surface area contributed by atoms with E-state index in [0.717, 1.165) is 6.42 Å². The maximum Gasteiger partial charge on any atom is 0.273 e. The quantitative estimate of drug-likeness (QED) is 0.548. The van der Waals surface area contributed by atoms with Crippen LogP contribution in [0.3, 0.4) is 0 Å². The Morgan fingerprint density at radius 1 is 1.23 bits per heavy atom. The van der Waals surface area contributed by atoms with E-state index >= 15 is 0 Å². The molecule has 1 amide bonds. The molecule has 1 unspecified atom stereocenters. The number of para-hydroxylation sites is 1. The van der Waals surface area contributed by atoms with Gasteiger partial charge in [0.2, 0.25) is 10.0 Å². The lowest BCUT2D eigenvalue weighted by Gasteiger charge is -2.35. The highest BCUT2D eigenvalue weighted by atomic mass is 32.2. The maximum absolute atomic E-state index is 12.6. The molecule has 2 aliphatic heterocycles. The number of nitrogens with zero attached hydrogens (tertiary/aromatic N) is 3. The van der Waals surface area contributed by atoms with Crippen molar-refractivity contribution < 1.29 is 22.9 Å². The van der Waals surface area contributed by atoms with Crippen molar-refractivity contribution in [2.75, 3.05) is 32.8 Å². The molecule has 0 bridgehead atoms. The number of sulfonamides is 1. The van der Waals surface area contributed by atoms with Gasteiger partial charge in [-0.25, -0.2) is 8.42 Å². The summed E-state index contributed by atoms with van der Waals surface area (Å²) in [4.78, 5) is 24.4. The van der Waals surface area contributed by atoms with E-state index in [-0.39, 0.29) is 30.2 Å². The predicted octanol–water partition coefficient (Wildman–Crippen LogP) is 0.748. The molecule has 2 fully saturated rings. The van der Waals surface area contributed by atoms with Crippen LogP contribution in [0.2, 0.25) is 0 Å². The number of carbonyl (C=O) groups excluding carboxylic acids is 1. The second kappa shape index (κ2) is 7.68. The molecule has 2 aliphatic rings. The van der Waals surface area contributed by atoms with Crippen LogP contribution in [-0.4, -0.2) is 67.3 Å². The van der Waals surface area contributed by atoms with Crippen molar-refractivity contribution in [1.82, 2.24) is 9.21 Å². The molecule has 9 nitrogen and oxygen atoms in total. The number of nitro groups is 1. The maximum atomic E-state index is 12.6. The minimum absolute atomic E-state index is 0.0850. The van der Waals surface area contributed by atoms with Crippen molar-refractivity contribution in [3.8, 4) is 0 Å². The average molecular weight is 383 g/mol. The number of hydrogen-bond donors (Lipinski definition) is 0. The minimum Gasteiger partial charge on any atom is -0.368 e. The van der Waals surface area contributed by atoms with Gasteiger partial charge in [-0.05, 0) is 12.8 Å². The average Bonchev–Trinajstić information content (AvgIpc) is 3.16. The molecule has 1 aromatic rings. The van der Waals surface area contributed by atoms with Crippen LogP contribution < -0.4 is 0 Å². The summed E-state index contributed by atoms with van der Waals surface area (Å²) < 4.78 is 32.0. The Bertz CT molecular complexity index is 783. The van der Waals surface area contributed by atoms with Crippen LogP contribution in [0.15, 0.2) is 24.3 Å². The summed E-state index contributed by atoms with van der Waals surface area (Å²) in [6.07, 6.45) is 1.15. The third kappa shape index (κ3) is 4.02. The van der Waals surface area contributed by atoms with Crippen molar-refractivity contribution in [2.24, 2.45) is 0 Å². The lowest BCUT2D eigenvalue weighted by molar-refractivity contribution is -0.385. The molecule has 0 saturated carbocycles. The van der Waals surface area contributed by atoms with Crippen LogP contribution in [-0.2, 0) is 25.3 Å². The van der Waals surface area contributed by atoms with E-state index in [4.69, 9.17) is 4.74 Å².